The van der Waals surface area contributed by atoms with Gasteiger partial charge in [0.25, 0.3) is 10.1 Å². The number of rotatable bonds is 4. The van der Waals surface area contributed by atoms with E-state index in [-0.39, 0.29) is 4.90 Å². The fraction of sp³-hybridized carbons (Fsp3) is 0.455. The van der Waals surface area contributed by atoms with Gasteiger partial charge in [0.2, 0.25) is 0 Å². The Morgan fingerprint density at radius 3 is 2.25 bits per heavy atom. The smallest absolute Gasteiger partial charge is 0.297 e. The molecule has 20 heavy (non-hydrogen) atoms. The normalized spacial score (nSPS) is 30.6. The highest BCUT2D eigenvalue weighted by molar-refractivity contribution is 7.86. The van der Waals surface area contributed by atoms with Crippen LogP contribution in [0, 0.1) is 0 Å². The Morgan fingerprint density at radius 1 is 1.15 bits per heavy atom. The summed E-state index contributed by atoms with van der Waals surface area (Å²) in [6.45, 7) is -0.526. The highest BCUT2D eigenvalue weighted by atomic mass is 32.2. The van der Waals surface area contributed by atoms with E-state index in [0.29, 0.717) is 5.69 Å². The number of nitrogens with two attached hydrogens (primary N) is 1. The van der Waals surface area contributed by atoms with Crippen molar-refractivity contribution in [3.8, 4) is 0 Å². The van der Waals surface area contributed by atoms with Crippen LogP contribution in [0.3, 0.4) is 0 Å². The van der Waals surface area contributed by atoms with E-state index in [0.717, 1.165) is 0 Å². The van der Waals surface area contributed by atoms with E-state index >= 15 is 0 Å². The van der Waals surface area contributed by atoms with Crippen molar-refractivity contribution in [1.82, 2.24) is 0 Å². The predicted octanol–water partition coefficient (Wildman–Crippen LogP) is -1.59. The SMILES string of the molecule is Nc1ccc(S(=O)(=O)OC[C@H]2O[C@H](O)[C@@H](O)[C@@H]2O)cc1. The van der Waals surface area contributed by atoms with Crippen molar-refractivity contribution < 1.29 is 32.7 Å². The van der Waals surface area contributed by atoms with Crippen LogP contribution in [-0.2, 0) is 19.0 Å². The van der Waals surface area contributed by atoms with E-state index < -0.39 is 41.3 Å². The number of ether oxygens (including phenoxy) is 1. The number of nitrogen functional groups attached to an aromatic ring is 1. The Labute approximate surface area is 115 Å². The molecule has 1 heterocycles. The quantitative estimate of drug-likeness (QED) is 0.386. The van der Waals surface area contributed by atoms with Gasteiger partial charge in [-0.3, -0.25) is 4.18 Å². The van der Waals surface area contributed by atoms with Crippen molar-refractivity contribution in [3.05, 3.63) is 24.3 Å². The summed E-state index contributed by atoms with van der Waals surface area (Å²) in [6, 6.07) is 5.37. The van der Waals surface area contributed by atoms with Crippen LogP contribution < -0.4 is 5.73 Å². The molecule has 112 valence electrons. The fourth-order valence-corrected chi connectivity index (χ4v) is 2.64. The van der Waals surface area contributed by atoms with Crippen LogP contribution in [0.2, 0.25) is 0 Å². The van der Waals surface area contributed by atoms with Gasteiger partial charge in [-0.1, -0.05) is 0 Å². The van der Waals surface area contributed by atoms with Crippen molar-refractivity contribution in [3.63, 3.8) is 0 Å². The molecule has 0 radical (unpaired) electrons. The Hall–Kier alpha value is -1.23. The molecule has 0 spiro atoms. The first-order valence-corrected chi connectivity index (χ1v) is 7.17. The van der Waals surface area contributed by atoms with Crippen molar-refractivity contribution in [1.29, 1.82) is 0 Å². The summed E-state index contributed by atoms with van der Waals surface area (Å²) in [7, 11) is -4.03. The summed E-state index contributed by atoms with van der Waals surface area (Å²) < 4.78 is 33.2. The highest BCUT2D eigenvalue weighted by Crippen LogP contribution is 2.22. The molecule has 5 N–H and O–H groups in total. The maximum atomic E-state index is 11.8. The first kappa shape index (κ1) is 15.2. The Morgan fingerprint density at radius 2 is 1.75 bits per heavy atom. The predicted molar refractivity (Wildman–Crippen MR) is 66.9 cm³/mol. The zero-order valence-electron chi connectivity index (χ0n) is 10.3. The van der Waals surface area contributed by atoms with Gasteiger partial charge in [-0.05, 0) is 24.3 Å². The Balaban J connectivity index is 2.01. The van der Waals surface area contributed by atoms with Gasteiger partial charge < -0.3 is 25.8 Å². The largest absolute Gasteiger partial charge is 0.399 e. The van der Waals surface area contributed by atoms with E-state index in [4.69, 9.17) is 19.8 Å². The van der Waals surface area contributed by atoms with Crippen LogP contribution in [0.5, 0.6) is 0 Å². The topological polar surface area (TPSA) is 139 Å². The molecule has 1 fully saturated rings. The number of hydrogen-bond donors (Lipinski definition) is 4. The maximum Gasteiger partial charge on any atom is 0.297 e. The summed E-state index contributed by atoms with van der Waals surface area (Å²) in [5, 5.41) is 27.9. The average Bonchev–Trinajstić information content (AvgIpc) is 2.64. The second kappa shape index (κ2) is 5.64. The van der Waals surface area contributed by atoms with Gasteiger partial charge in [-0.2, -0.15) is 8.42 Å². The van der Waals surface area contributed by atoms with Gasteiger partial charge >= 0.3 is 0 Å². The van der Waals surface area contributed by atoms with E-state index in [9.17, 15) is 18.6 Å². The summed E-state index contributed by atoms with van der Waals surface area (Å²) >= 11 is 0. The Kier molecular flexibility index (Phi) is 4.28. The molecule has 1 saturated heterocycles. The number of benzene rings is 1. The summed E-state index contributed by atoms with van der Waals surface area (Å²) in [5.41, 5.74) is 5.86. The van der Waals surface area contributed by atoms with E-state index in [1.165, 1.54) is 24.3 Å². The van der Waals surface area contributed by atoms with Crippen LogP contribution >= 0.6 is 0 Å². The zero-order chi connectivity index (χ0) is 14.9. The molecule has 0 unspecified atom stereocenters. The number of aliphatic hydroxyl groups excluding tert-OH is 3. The molecular formula is C11H15NO7S. The first-order chi connectivity index (χ1) is 9.31. The minimum Gasteiger partial charge on any atom is -0.399 e. The second-order valence-electron chi connectivity index (χ2n) is 4.35. The van der Waals surface area contributed by atoms with Gasteiger partial charge in [0.05, 0.1) is 11.5 Å². The third-order valence-corrected chi connectivity index (χ3v) is 4.19. The van der Waals surface area contributed by atoms with Crippen LogP contribution in [0.1, 0.15) is 0 Å². The van der Waals surface area contributed by atoms with Gasteiger partial charge in [0.15, 0.2) is 6.29 Å². The van der Waals surface area contributed by atoms with Crippen LogP contribution in [-0.4, -0.2) is 54.9 Å². The maximum absolute atomic E-state index is 11.8. The van der Waals surface area contributed by atoms with Crippen LogP contribution in [0.25, 0.3) is 0 Å². The van der Waals surface area contributed by atoms with E-state index in [1.807, 2.05) is 0 Å². The summed E-state index contributed by atoms with van der Waals surface area (Å²) in [6.07, 6.45) is -5.63. The Bertz CT molecular complexity index is 559. The first-order valence-electron chi connectivity index (χ1n) is 5.76. The number of hydrogen-bond acceptors (Lipinski definition) is 8. The van der Waals surface area contributed by atoms with Crippen molar-refractivity contribution >= 4 is 15.8 Å². The molecule has 2 rings (SSSR count). The zero-order valence-corrected chi connectivity index (χ0v) is 11.1. The molecule has 0 aliphatic carbocycles. The molecule has 1 aromatic carbocycles. The van der Waals surface area contributed by atoms with Gasteiger partial charge in [-0.15, -0.1) is 0 Å². The summed E-state index contributed by atoms with van der Waals surface area (Å²) in [4.78, 5) is -0.0970. The minimum atomic E-state index is -4.03. The standard InChI is InChI=1S/C11H15NO7S/c12-6-1-3-7(4-2-6)20(16,17)18-5-8-9(13)10(14)11(15)19-8/h1-4,8-11,13-15H,5,12H2/t8-,9-,10+,11+/m1/s1. The summed E-state index contributed by atoms with van der Waals surface area (Å²) in [5.74, 6) is 0. The molecule has 1 aliphatic rings. The average molecular weight is 305 g/mol. The third-order valence-electron chi connectivity index (χ3n) is 2.89. The van der Waals surface area contributed by atoms with Gasteiger partial charge in [0.1, 0.15) is 18.3 Å². The lowest BCUT2D eigenvalue weighted by Crippen LogP contribution is -2.34. The highest BCUT2D eigenvalue weighted by Gasteiger charge is 2.42. The van der Waals surface area contributed by atoms with Crippen molar-refractivity contribution in [2.75, 3.05) is 12.3 Å². The van der Waals surface area contributed by atoms with E-state index in [1.54, 1.807) is 0 Å². The van der Waals surface area contributed by atoms with Crippen molar-refractivity contribution in [2.24, 2.45) is 0 Å². The minimum absolute atomic E-state index is 0.0970. The molecule has 8 nitrogen and oxygen atoms in total. The van der Waals surface area contributed by atoms with Gasteiger partial charge in [-0.25, -0.2) is 0 Å². The molecule has 1 aliphatic heterocycles. The molecule has 0 bridgehead atoms. The second-order valence-corrected chi connectivity index (χ2v) is 5.97. The molecule has 9 heteroatoms. The third kappa shape index (κ3) is 3.08. The molecular weight excluding hydrogens is 290 g/mol. The van der Waals surface area contributed by atoms with E-state index in [2.05, 4.69) is 0 Å². The molecule has 0 aromatic heterocycles. The molecule has 0 saturated carbocycles. The van der Waals surface area contributed by atoms with Crippen LogP contribution in [0.4, 0.5) is 5.69 Å². The fourth-order valence-electron chi connectivity index (χ4n) is 1.73. The lowest BCUT2D eigenvalue weighted by Gasteiger charge is -2.14. The molecule has 1 aromatic rings. The lowest BCUT2D eigenvalue weighted by atomic mass is 10.1. The van der Waals surface area contributed by atoms with Crippen molar-refractivity contribution in [2.45, 2.75) is 29.5 Å². The molecule has 4 atom stereocenters. The number of aliphatic hydroxyl groups is 3. The number of anilines is 1. The monoisotopic (exact) mass is 305 g/mol. The lowest BCUT2D eigenvalue weighted by molar-refractivity contribution is -0.131. The van der Waals surface area contributed by atoms with Crippen LogP contribution in [0.15, 0.2) is 29.2 Å². The van der Waals surface area contributed by atoms with Gasteiger partial charge in [0, 0.05) is 5.69 Å². The molecule has 0 amide bonds.